The van der Waals surface area contributed by atoms with Crippen molar-refractivity contribution in [2.45, 2.75) is 0 Å². The summed E-state index contributed by atoms with van der Waals surface area (Å²) in [7, 11) is 0. The first-order chi connectivity index (χ1) is 19.3. The lowest BCUT2D eigenvalue weighted by atomic mass is 9.93. The quantitative estimate of drug-likeness (QED) is 0.239. The van der Waals surface area contributed by atoms with Crippen molar-refractivity contribution in [1.29, 1.82) is 0 Å². The molecule has 0 radical (unpaired) electrons. The third kappa shape index (κ3) is 2.82. The Morgan fingerprint density at radius 2 is 1.13 bits per heavy atom. The fourth-order valence-electron chi connectivity index (χ4n) is 6.35. The van der Waals surface area contributed by atoms with Crippen molar-refractivity contribution < 1.29 is 4.42 Å². The number of hydrogen-bond acceptors (Lipinski definition) is 3. The van der Waals surface area contributed by atoms with E-state index >= 15 is 0 Å². The predicted octanol–water partition coefficient (Wildman–Crippen LogP) is 9.66. The van der Waals surface area contributed by atoms with E-state index in [2.05, 4.69) is 91.0 Å². The Bertz CT molecular complexity index is 2270. The van der Waals surface area contributed by atoms with Crippen LogP contribution < -0.4 is 0 Å². The molecule has 0 atom stereocenters. The second kappa shape index (κ2) is 7.62. The molecule has 3 nitrogen and oxygen atoms in total. The van der Waals surface area contributed by atoms with E-state index in [-0.39, 0.29) is 0 Å². The van der Waals surface area contributed by atoms with E-state index in [1.54, 1.807) is 0 Å². The molecule has 0 saturated carbocycles. The normalized spacial score (nSPS) is 12.1. The van der Waals surface area contributed by atoms with E-state index in [0.717, 1.165) is 49.7 Å². The van der Waals surface area contributed by atoms with Gasteiger partial charge in [-0.15, -0.1) is 0 Å². The summed E-state index contributed by atoms with van der Waals surface area (Å²) in [5.74, 6) is 0.666. The number of aromatic nitrogens is 2. The number of rotatable bonds is 2. The zero-order valence-corrected chi connectivity index (χ0v) is 20.8. The molecule has 6 aromatic carbocycles. The summed E-state index contributed by atoms with van der Waals surface area (Å²) < 4.78 is 6.68. The molecule has 0 amide bonds. The first kappa shape index (κ1) is 20.7. The van der Waals surface area contributed by atoms with Crippen molar-refractivity contribution >= 4 is 43.6 Å². The average Bonchev–Trinajstić information content (AvgIpc) is 3.34. The van der Waals surface area contributed by atoms with E-state index in [1.165, 1.54) is 33.0 Å². The fraction of sp³-hybridized carbons (Fsp3) is 0. The molecule has 3 heteroatoms. The van der Waals surface area contributed by atoms with E-state index in [1.807, 2.05) is 30.3 Å². The summed E-state index contributed by atoms with van der Waals surface area (Å²) in [6, 6.07) is 42.4. The van der Waals surface area contributed by atoms with E-state index in [4.69, 9.17) is 14.4 Å². The summed E-state index contributed by atoms with van der Waals surface area (Å²) in [4.78, 5) is 10.2. The number of furan rings is 1. The second-order valence-corrected chi connectivity index (χ2v) is 10.1. The smallest absolute Gasteiger partial charge is 0.164 e. The van der Waals surface area contributed by atoms with E-state index in [0.29, 0.717) is 5.82 Å². The molecule has 9 rings (SSSR count). The Kier molecular flexibility index (Phi) is 4.05. The zero-order valence-electron chi connectivity index (χ0n) is 20.8. The molecular formula is C36H20N2O. The molecule has 1 aliphatic carbocycles. The molecule has 0 aliphatic heterocycles. The zero-order chi connectivity index (χ0) is 25.5. The minimum atomic E-state index is 0.666. The molecule has 0 saturated heterocycles. The van der Waals surface area contributed by atoms with Crippen molar-refractivity contribution in [1.82, 2.24) is 9.97 Å². The van der Waals surface area contributed by atoms with Crippen molar-refractivity contribution in [3.8, 4) is 44.9 Å². The molecule has 8 aromatic rings. The summed E-state index contributed by atoms with van der Waals surface area (Å²) in [5, 5.41) is 5.84. The molecule has 0 fully saturated rings. The lowest BCUT2D eigenvalue weighted by molar-refractivity contribution is 0.669. The first-order valence-electron chi connectivity index (χ1n) is 13.2. The van der Waals surface area contributed by atoms with Crippen molar-refractivity contribution in [3.05, 3.63) is 121 Å². The summed E-state index contributed by atoms with van der Waals surface area (Å²) >= 11 is 0. The largest absolute Gasteiger partial charge is 0.455 e. The SMILES string of the molecule is c1ccc(-c2nc(-c3ccc4c5c3oc3cccc(c35)-c3cccc5cccc-4c35)nc3ccccc23)cc1. The van der Waals surface area contributed by atoms with Gasteiger partial charge in [0, 0.05) is 21.7 Å². The maximum absolute atomic E-state index is 6.68. The van der Waals surface area contributed by atoms with Gasteiger partial charge < -0.3 is 4.42 Å². The van der Waals surface area contributed by atoms with Gasteiger partial charge in [0.05, 0.1) is 16.8 Å². The highest BCUT2D eigenvalue weighted by Crippen LogP contribution is 2.50. The van der Waals surface area contributed by atoms with Crippen molar-refractivity contribution in [2.24, 2.45) is 0 Å². The van der Waals surface area contributed by atoms with Crippen LogP contribution in [0.3, 0.4) is 0 Å². The number of hydrogen-bond donors (Lipinski definition) is 0. The monoisotopic (exact) mass is 496 g/mol. The highest BCUT2D eigenvalue weighted by molar-refractivity contribution is 6.26. The molecular weight excluding hydrogens is 476 g/mol. The predicted molar refractivity (Wildman–Crippen MR) is 160 cm³/mol. The highest BCUT2D eigenvalue weighted by Gasteiger charge is 2.26. The minimum absolute atomic E-state index is 0.666. The average molecular weight is 497 g/mol. The molecule has 39 heavy (non-hydrogen) atoms. The topological polar surface area (TPSA) is 38.9 Å². The third-order valence-electron chi connectivity index (χ3n) is 8.02. The summed E-state index contributed by atoms with van der Waals surface area (Å²) in [6.07, 6.45) is 0. The van der Waals surface area contributed by atoms with Crippen LogP contribution in [0.2, 0.25) is 0 Å². The van der Waals surface area contributed by atoms with Gasteiger partial charge in [0.25, 0.3) is 0 Å². The van der Waals surface area contributed by atoms with Gasteiger partial charge in [-0.1, -0.05) is 103 Å². The van der Waals surface area contributed by atoms with Crippen LogP contribution in [0, 0.1) is 0 Å². The number of benzene rings is 6. The van der Waals surface area contributed by atoms with Crippen LogP contribution in [0.4, 0.5) is 0 Å². The molecule has 1 aliphatic rings. The fourth-order valence-corrected chi connectivity index (χ4v) is 6.35. The third-order valence-corrected chi connectivity index (χ3v) is 8.02. The standard InChI is InChI=1S/C36H20N2O/c1-2-9-22(10-3-1)34-27-13-4-5-17-29(27)37-36(38-34)28-20-19-26-24-15-7-12-21-11-6-14-23(31(21)24)25-16-8-18-30-32(25)33(26)35(28)39-30/h1-20H. The van der Waals surface area contributed by atoms with Crippen LogP contribution >= 0.6 is 0 Å². The Balaban J connectivity index is 1.42. The summed E-state index contributed by atoms with van der Waals surface area (Å²) in [5.41, 5.74) is 10.4. The lowest BCUT2D eigenvalue weighted by Crippen LogP contribution is -1.95. The van der Waals surface area contributed by atoms with Crippen LogP contribution in [-0.4, -0.2) is 9.97 Å². The van der Waals surface area contributed by atoms with Gasteiger partial charge in [-0.25, -0.2) is 9.97 Å². The molecule has 0 spiro atoms. The molecule has 0 bridgehead atoms. The Labute approximate surface area is 224 Å². The van der Waals surface area contributed by atoms with Crippen LogP contribution in [-0.2, 0) is 0 Å². The van der Waals surface area contributed by atoms with Gasteiger partial charge in [-0.2, -0.15) is 0 Å². The summed E-state index contributed by atoms with van der Waals surface area (Å²) in [6.45, 7) is 0. The van der Waals surface area contributed by atoms with E-state index in [9.17, 15) is 0 Å². The van der Waals surface area contributed by atoms with Crippen molar-refractivity contribution in [2.75, 3.05) is 0 Å². The van der Waals surface area contributed by atoms with E-state index < -0.39 is 0 Å². The van der Waals surface area contributed by atoms with Gasteiger partial charge in [0.2, 0.25) is 0 Å². The number of nitrogens with zero attached hydrogens (tertiary/aromatic N) is 2. The Morgan fingerprint density at radius 3 is 1.95 bits per heavy atom. The maximum atomic E-state index is 6.68. The molecule has 180 valence electrons. The Hall–Kier alpha value is -5.28. The molecule has 2 heterocycles. The number of fused-ring (bicyclic) bond motifs is 3. The van der Waals surface area contributed by atoms with Gasteiger partial charge in [-0.3, -0.25) is 0 Å². The second-order valence-electron chi connectivity index (χ2n) is 10.1. The first-order valence-corrected chi connectivity index (χ1v) is 13.2. The van der Waals surface area contributed by atoms with Gasteiger partial charge >= 0.3 is 0 Å². The number of para-hydroxylation sites is 1. The van der Waals surface area contributed by atoms with Crippen LogP contribution in [0.1, 0.15) is 0 Å². The van der Waals surface area contributed by atoms with Crippen LogP contribution in [0.25, 0.3) is 88.5 Å². The van der Waals surface area contributed by atoms with Gasteiger partial charge in [0.15, 0.2) is 5.82 Å². The van der Waals surface area contributed by atoms with Gasteiger partial charge in [0.1, 0.15) is 11.2 Å². The molecule has 2 aromatic heterocycles. The minimum Gasteiger partial charge on any atom is -0.455 e. The maximum Gasteiger partial charge on any atom is 0.164 e. The van der Waals surface area contributed by atoms with Crippen LogP contribution in [0.5, 0.6) is 0 Å². The Morgan fingerprint density at radius 1 is 0.462 bits per heavy atom. The molecule has 0 N–H and O–H groups in total. The lowest BCUT2D eigenvalue weighted by Gasteiger charge is -2.12. The highest BCUT2D eigenvalue weighted by atomic mass is 16.3. The van der Waals surface area contributed by atoms with Gasteiger partial charge in [-0.05, 0) is 51.2 Å². The van der Waals surface area contributed by atoms with Crippen LogP contribution in [0.15, 0.2) is 126 Å². The molecule has 0 unspecified atom stereocenters. The van der Waals surface area contributed by atoms with Crippen molar-refractivity contribution in [3.63, 3.8) is 0 Å².